The van der Waals surface area contributed by atoms with Crippen molar-refractivity contribution in [2.45, 2.75) is 214 Å². The molecule has 3 aromatic carbocycles. The van der Waals surface area contributed by atoms with Crippen LogP contribution in [0, 0.1) is 108 Å². The predicted molar refractivity (Wildman–Crippen MR) is 323 cm³/mol. The number of rotatable bonds is 11. The summed E-state index contributed by atoms with van der Waals surface area (Å²) in [5.41, 5.74) is 1.08. The molecule has 0 unspecified atom stereocenters. The first kappa shape index (κ1) is 89.3. The zero-order valence-electron chi connectivity index (χ0n) is 53.0. The number of nitrogens with zero attached hydrogens (tertiary/aromatic N) is 8. The summed E-state index contributed by atoms with van der Waals surface area (Å²) in [5, 5.41) is 38.7. The Balaban J connectivity index is -0.000000149. The first-order valence-corrected chi connectivity index (χ1v) is 30.0. The molecule has 14 nitrogen and oxygen atoms in total. The minimum atomic E-state index is -0.492. The number of non-ortho nitro benzene ring substituents is 3. The standard InChI is InChI=1S/C10H20.C8H18N2.3C6H4NO2.2C5H11N.C5H9.C4H9N.2C3H5.CH3.3Mo/c1-6-7(2)9(4)10(5)8(6)3;1-6(2)9-8(5)10-7(3)4;3*8-7(9)6-4-2-1-3-5-6;2*1-4-5(2,3)6;1-5(2,3)4;1-4(2,3)5;2*1-3-2;;;;/h6-10H,1-5H3;6-8H,1-5H3;3*2-5H;2*4H2,1-3H3;2*1-3H3;2*1,3H,2H3;1H3;;;/q;-2;3*-1;;;;;3*-1;;;+2. The van der Waals surface area contributed by atoms with Crippen LogP contribution in [0.5, 0.6) is 0 Å². The number of hydrogen-bond donors (Lipinski definition) is 0. The summed E-state index contributed by atoms with van der Waals surface area (Å²) in [6.07, 6.45) is 5.39. The van der Waals surface area contributed by atoms with Gasteiger partial charge in [-0.15, -0.1) is 19.0 Å². The average Bonchev–Trinajstić information content (AvgIpc) is 3.52. The van der Waals surface area contributed by atoms with Gasteiger partial charge in [0.25, 0.3) is 0 Å². The van der Waals surface area contributed by atoms with Crippen molar-refractivity contribution in [3.05, 3.63) is 165 Å². The Hall–Kier alpha value is -3.50. The van der Waals surface area contributed by atoms with Gasteiger partial charge >= 0.3 is 190 Å². The van der Waals surface area contributed by atoms with Crippen molar-refractivity contribution in [2.75, 3.05) is 0 Å². The van der Waals surface area contributed by atoms with E-state index in [9.17, 15) is 30.3 Å². The molecule has 0 amide bonds. The van der Waals surface area contributed by atoms with Gasteiger partial charge in [0.2, 0.25) is 0 Å². The number of benzene rings is 3. The van der Waals surface area contributed by atoms with Gasteiger partial charge in [0.15, 0.2) is 17.1 Å². The van der Waals surface area contributed by atoms with E-state index in [1.54, 1.807) is 33.5 Å². The van der Waals surface area contributed by atoms with Crippen LogP contribution >= 0.6 is 0 Å². The van der Waals surface area contributed by atoms with Crippen molar-refractivity contribution >= 4 is 17.1 Å². The van der Waals surface area contributed by atoms with Crippen molar-refractivity contribution in [1.29, 1.82) is 0 Å². The Morgan fingerprint density at radius 1 is 0.595 bits per heavy atom. The second-order valence-electron chi connectivity index (χ2n) is 21.8. The number of nitro groups is 3. The van der Waals surface area contributed by atoms with Crippen LogP contribution in [0.4, 0.5) is 17.1 Å². The summed E-state index contributed by atoms with van der Waals surface area (Å²) >= 11 is 3.18. The van der Waals surface area contributed by atoms with Crippen LogP contribution in [-0.4, -0.2) is 49.6 Å². The molecule has 3 aromatic rings. The zero-order chi connectivity index (χ0) is 62.5. The molecule has 0 radical (unpaired) electrons. The molecule has 1 fully saturated rings. The molecule has 17 heteroatoms. The maximum Gasteiger partial charge on any atom is 0.166 e. The second-order valence-corrected chi connectivity index (χ2v) is 24.1. The van der Waals surface area contributed by atoms with Gasteiger partial charge in [0.1, 0.15) is 0 Å². The van der Waals surface area contributed by atoms with Crippen LogP contribution < -0.4 is 0 Å². The molecule has 1 aliphatic carbocycles. The quantitative estimate of drug-likeness (QED) is 0.0793. The largest absolute Gasteiger partial charge is 0.518 e. The Morgan fingerprint density at radius 3 is 0.899 bits per heavy atom. The number of hydrogen-bond acceptors (Lipinski definition) is 9. The molecule has 1 saturated carbocycles. The van der Waals surface area contributed by atoms with Gasteiger partial charge in [0, 0.05) is 14.8 Å². The van der Waals surface area contributed by atoms with Crippen LogP contribution in [-0.2, 0) is 57.0 Å². The first-order chi connectivity index (χ1) is 35.8. The average molecular weight is 1340 g/mol. The molecule has 0 bridgehead atoms. The maximum atomic E-state index is 9.99. The maximum absolute atomic E-state index is 9.99. The SMILES string of the molecule is CC(C)(C)[C]#[Mo].CC(C)(C)[N]=[Mo].CC(C)[N-]C(C)[N-]C(C)C.CC1C(C)C(C)C(C)C1C.CCC(C)(C)[N]=[Mo+2]=[N]C(C)(C)CC.O=[N+]([O-])c1cc[c-]cc1.O=[N+]([O-])c1cc[c-]cc1.O=[N+]([O-])c1cc[c-]cc1.[CH-]=CC.[CH-]=CC.[CH3-]. The van der Waals surface area contributed by atoms with Gasteiger partial charge in [-0.25, -0.2) is 6.17 Å². The van der Waals surface area contributed by atoms with Crippen molar-refractivity contribution in [3.63, 3.8) is 0 Å². The minimum Gasteiger partial charge on any atom is -0.518 e. The topological polar surface area (TPSA) is 195 Å². The monoisotopic (exact) mass is 1350 g/mol. The molecule has 451 valence electrons. The third kappa shape index (κ3) is 60.4. The fourth-order valence-electron chi connectivity index (χ4n) is 5.17. The summed E-state index contributed by atoms with van der Waals surface area (Å²) in [6.45, 7) is 61.1. The van der Waals surface area contributed by atoms with E-state index in [-0.39, 0.29) is 47.3 Å². The normalized spacial score (nSPS) is 15.5. The van der Waals surface area contributed by atoms with E-state index in [2.05, 4.69) is 189 Å². The van der Waals surface area contributed by atoms with Gasteiger partial charge in [-0.3, -0.25) is 42.5 Å². The van der Waals surface area contributed by atoms with E-state index in [1.165, 1.54) is 84.9 Å². The van der Waals surface area contributed by atoms with Gasteiger partial charge < -0.3 is 31.2 Å². The van der Waals surface area contributed by atoms with E-state index >= 15 is 0 Å². The van der Waals surface area contributed by atoms with Crippen LogP contribution in [0.15, 0.2) is 95.4 Å². The summed E-state index contributed by atoms with van der Waals surface area (Å²) in [5.74, 6) is 4.68. The molecule has 0 atom stereocenters. The summed E-state index contributed by atoms with van der Waals surface area (Å²) < 4.78 is 16.5. The Morgan fingerprint density at radius 2 is 0.785 bits per heavy atom. The van der Waals surface area contributed by atoms with Gasteiger partial charge in [-0.1, -0.05) is 113 Å². The smallest absolute Gasteiger partial charge is 0.166 e. The number of nitro benzene ring substituents is 3. The van der Waals surface area contributed by atoms with Gasteiger partial charge in [0.05, 0.1) is 0 Å². The molecular formula is C62H103Mo3N8O6-6. The molecule has 0 spiro atoms. The molecule has 79 heavy (non-hydrogen) atoms. The first-order valence-electron chi connectivity index (χ1n) is 26.3. The van der Waals surface area contributed by atoms with E-state index in [0.29, 0.717) is 17.5 Å². The van der Waals surface area contributed by atoms with Crippen LogP contribution in [0.3, 0.4) is 0 Å². The summed E-state index contributed by atoms with van der Waals surface area (Å²) in [4.78, 5) is 28.7. The minimum absolute atomic E-state index is 0. The fraction of sp³-hybridized carbons (Fsp3) is 0.613. The van der Waals surface area contributed by atoms with Gasteiger partial charge in [-0.05, 0) is 29.6 Å². The molecule has 0 aromatic heterocycles. The predicted octanol–water partition coefficient (Wildman–Crippen LogP) is 19.6. The number of allylic oxidation sites excluding steroid dienone is 2. The van der Waals surface area contributed by atoms with Crippen molar-refractivity contribution in [1.82, 2.24) is 0 Å². The van der Waals surface area contributed by atoms with E-state index in [1.807, 2.05) is 26.1 Å². The van der Waals surface area contributed by atoms with E-state index in [4.69, 9.17) is 13.2 Å². The van der Waals surface area contributed by atoms with Crippen LogP contribution in [0.1, 0.15) is 179 Å². The van der Waals surface area contributed by atoms with Crippen molar-refractivity contribution < 1.29 is 71.8 Å². The Kier molecular flexibility index (Phi) is 58.1. The zero-order valence-corrected chi connectivity index (χ0v) is 59.0. The molecule has 4 rings (SSSR count). The second kappa shape index (κ2) is 51.4. The van der Waals surface area contributed by atoms with E-state index in [0.717, 1.165) is 42.4 Å². The summed E-state index contributed by atoms with van der Waals surface area (Å²) in [6, 6.07) is 26.3. The van der Waals surface area contributed by atoms with Gasteiger partial charge in [-0.2, -0.15) is 54.6 Å². The fourth-order valence-corrected chi connectivity index (χ4v) is 6.99. The van der Waals surface area contributed by atoms with E-state index < -0.39 is 33.0 Å². The summed E-state index contributed by atoms with van der Waals surface area (Å²) in [7, 11) is 0. The molecule has 0 saturated heterocycles. The molecule has 0 N–H and O–H groups in total. The molecule has 0 heterocycles. The third-order valence-corrected chi connectivity index (χ3v) is 16.5. The Labute approximate surface area is 513 Å². The van der Waals surface area contributed by atoms with Crippen molar-refractivity contribution in [3.8, 4) is 4.20 Å². The van der Waals surface area contributed by atoms with Crippen LogP contribution in [0.25, 0.3) is 10.6 Å². The molecular weight excluding hydrogens is 1240 g/mol. The van der Waals surface area contributed by atoms with Crippen molar-refractivity contribution in [2.24, 2.45) is 45.5 Å². The third-order valence-electron chi connectivity index (χ3n) is 10.8. The molecule has 0 aliphatic heterocycles. The molecule has 1 aliphatic rings. The van der Waals surface area contributed by atoms with Crippen LogP contribution in [0.2, 0.25) is 0 Å². The Bertz CT molecular complexity index is 1920.